The van der Waals surface area contributed by atoms with Crippen LogP contribution in [0.25, 0.3) is 16.8 Å². The number of nitrogens with two attached hydrogens (primary N) is 1. The molecule has 5 heteroatoms. The number of nitriles is 1. The zero-order chi connectivity index (χ0) is 16.4. The first-order valence-electron chi connectivity index (χ1n) is 6.87. The summed E-state index contributed by atoms with van der Waals surface area (Å²) in [6.07, 6.45) is 3.32. The largest absolute Gasteiger partial charge is 0.366 e. The van der Waals surface area contributed by atoms with E-state index in [1.54, 1.807) is 59.4 Å². The quantitative estimate of drug-likeness (QED) is 0.806. The summed E-state index contributed by atoms with van der Waals surface area (Å²) in [6.45, 7) is 0. The van der Waals surface area contributed by atoms with Crippen LogP contribution >= 0.6 is 0 Å². The lowest BCUT2D eigenvalue weighted by Crippen LogP contribution is -2.10. The summed E-state index contributed by atoms with van der Waals surface area (Å²) < 4.78 is 15.7. The van der Waals surface area contributed by atoms with Crippen LogP contribution in [0.3, 0.4) is 0 Å². The molecule has 4 nitrogen and oxygen atoms in total. The van der Waals surface area contributed by atoms with Crippen molar-refractivity contribution in [2.45, 2.75) is 0 Å². The highest BCUT2D eigenvalue weighted by Gasteiger charge is 2.13. The number of amides is 1. The molecule has 0 saturated carbocycles. The first kappa shape index (κ1) is 14.5. The van der Waals surface area contributed by atoms with Gasteiger partial charge in [0.1, 0.15) is 11.9 Å². The molecule has 0 spiro atoms. The average Bonchev–Trinajstić information content (AvgIpc) is 2.99. The lowest BCUT2D eigenvalue weighted by atomic mass is 10.1. The molecule has 3 rings (SSSR count). The predicted octanol–water partition coefficient (Wildman–Crippen LogP) is 3.25. The molecule has 2 aromatic carbocycles. The van der Waals surface area contributed by atoms with Gasteiger partial charge in [-0.3, -0.25) is 4.79 Å². The molecule has 0 aliphatic carbocycles. The summed E-state index contributed by atoms with van der Waals surface area (Å²) in [4.78, 5) is 11.1. The van der Waals surface area contributed by atoms with Gasteiger partial charge in [-0.1, -0.05) is 18.2 Å². The van der Waals surface area contributed by atoms with E-state index in [1.165, 1.54) is 6.07 Å². The van der Waals surface area contributed by atoms with Crippen LogP contribution in [0.15, 0.2) is 60.9 Å². The van der Waals surface area contributed by atoms with Crippen molar-refractivity contribution in [3.8, 4) is 22.9 Å². The fourth-order valence-corrected chi connectivity index (χ4v) is 2.38. The summed E-state index contributed by atoms with van der Waals surface area (Å²) in [5.74, 6) is -0.889. The van der Waals surface area contributed by atoms with Crippen LogP contribution in [-0.4, -0.2) is 10.5 Å². The highest BCUT2D eigenvalue weighted by Crippen LogP contribution is 2.28. The van der Waals surface area contributed by atoms with E-state index in [9.17, 15) is 14.4 Å². The van der Waals surface area contributed by atoms with Crippen molar-refractivity contribution in [3.63, 3.8) is 0 Å². The van der Waals surface area contributed by atoms with E-state index in [0.717, 1.165) is 5.69 Å². The van der Waals surface area contributed by atoms with Crippen molar-refractivity contribution in [3.05, 3.63) is 77.9 Å². The first-order chi connectivity index (χ1) is 11.1. The Morgan fingerprint density at radius 1 is 1.04 bits per heavy atom. The number of carbonyl (C=O) groups excluding carboxylic acids is 1. The Morgan fingerprint density at radius 2 is 1.74 bits per heavy atom. The van der Waals surface area contributed by atoms with Gasteiger partial charge in [-0.15, -0.1) is 0 Å². The molecular formula is C18H12FN3O. The number of nitrogens with zero attached hydrogens (tertiary/aromatic N) is 2. The zero-order valence-electron chi connectivity index (χ0n) is 12.0. The van der Waals surface area contributed by atoms with Crippen molar-refractivity contribution in [1.82, 2.24) is 4.57 Å². The van der Waals surface area contributed by atoms with Crippen LogP contribution in [0, 0.1) is 17.1 Å². The molecule has 1 heterocycles. The molecule has 2 N–H and O–H groups in total. The minimum Gasteiger partial charge on any atom is -0.366 e. The summed E-state index contributed by atoms with van der Waals surface area (Å²) in [5.41, 5.74) is 7.62. The molecule has 0 unspecified atom stereocenters. The SMILES string of the molecule is N#Cc1cn(-c2ccc(C(N)=O)cc2)cc1-c1ccccc1F. The monoisotopic (exact) mass is 305 g/mol. The number of halogens is 1. The molecular weight excluding hydrogens is 293 g/mol. The number of hydrogen-bond donors (Lipinski definition) is 1. The smallest absolute Gasteiger partial charge is 0.248 e. The van der Waals surface area contributed by atoms with Gasteiger partial charge < -0.3 is 10.3 Å². The van der Waals surface area contributed by atoms with Gasteiger partial charge in [0.15, 0.2) is 0 Å². The van der Waals surface area contributed by atoms with Gasteiger partial charge in [0, 0.05) is 34.8 Å². The number of primary amides is 1. The molecule has 3 aromatic rings. The summed E-state index contributed by atoms with van der Waals surface area (Å²) >= 11 is 0. The Labute approximate surface area is 132 Å². The van der Waals surface area contributed by atoms with Crippen molar-refractivity contribution in [1.29, 1.82) is 5.26 Å². The lowest BCUT2D eigenvalue weighted by molar-refractivity contribution is 0.100. The average molecular weight is 305 g/mol. The number of benzene rings is 2. The van der Waals surface area contributed by atoms with Crippen LogP contribution in [0.2, 0.25) is 0 Å². The Kier molecular flexibility index (Phi) is 3.65. The van der Waals surface area contributed by atoms with Crippen LogP contribution < -0.4 is 5.73 Å². The first-order valence-corrected chi connectivity index (χ1v) is 6.87. The predicted molar refractivity (Wildman–Crippen MR) is 84.4 cm³/mol. The fourth-order valence-electron chi connectivity index (χ4n) is 2.38. The molecule has 0 bridgehead atoms. The van der Waals surface area contributed by atoms with Crippen LogP contribution in [0.4, 0.5) is 4.39 Å². The van der Waals surface area contributed by atoms with E-state index in [1.807, 2.05) is 0 Å². The van der Waals surface area contributed by atoms with Gasteiger partial charge >= 0.3 is 0 Å². The number of hydrogen-bond acceptors (Lipinski definition) is 2. The second-order valence-electron chi connectivity index (χ2n) is 5.00. The van der Waals surface area contributed by atoms with E-state index < -0.39 is 5.91 Å². The van der Waals surface area contributed by atoms with Crippen molar-refractivity contribution < 1.29 is 9.18 Å². The lowest BCUT2D eigenvalue weighted by Gasteiger charge is -2.03. The van der Waals surface area contributed by atoms with Crippen molar-refractivity contribution >= 4 is 5.91 Å². The maximum Gasteiger partial charge on any atom is 0.248 e. The molecule has 0 aliphatic heterocycles. The molecule has 0 saturated heterocycles. The Morgan fingerprint density at radius 3 is 2.35 bits per heavy atom. The summed E-state index contributed by atoms with van der Waals surface area (Å²) in [7, 11) is 0. The van der Waals surface area contributed by atoms with Gasteiger partial charge in [-0.2, -0.15) is 5.26 Å². The molecule has 0 atom stereocenters. The molecule has 1 aromatic heterocycles. The molecule has 23 heavy (non-hydrogen) atoms. The van der Waals surface area contributed by atoms with Crippen LogP contribution in [0.5, 0.6) is 0 Å². The Hall–Kier alpha value is -3.39. The van der Waals surface area contributed by atoms with E-state index in [4.69, 9.17) is 5.73 Å². The van der Waals surface area contributed by atoms with E-state index in [-0.39, 0.29) is 5.82 Å². The second kappa shape index (κ2) is 5.78. The third kappa shape index (κ3) is 2.70. The maximum absolute atomic E-state index is 14.0. The van der Waals surface area contributed by atoms with Gasteiger partial charge in [0.2, 0.25) is 5.91 Å². The molecule has 0 radical (unpaired) electrons. The topological polar surface area (TPSA) is 71.8 Å². The van der Waals surface area contributed by atoms with Crippen LogP contribution in [-0.2, 0) is 0 Å². The third-order valence-corrected chi connectivity index (χ3v) is 3.56. The van der Waals surface area contributed by atoms with Gasteiger partial charge in [-0.25, -0.2) is 4.39 Å². The number of rotatable bonds is 3. The van der Waals surface area contributed by atoms with E-state index in [0.29, 0.717) is 22.3 Å². The fraction of sp³-hybridized carbons (Fsp3) is 0. The Balaban J connectivity index is 2.08. The van der Waals surface area contributed by atoms with Crippen LogP contribution in [0.1, 0.15) is 15.9 Å². The molecule has 0 fully saturated rings. The Bertz CT molecular complexity index is 920. The van der Waals surface area contributed by atoms with E-state index >= 15 is 0 Å². The van der Waals surface area contributed by atoms with Gasteiger partial charge in [0.05, 0.1) is 5.56 Å². The third-order valence-electron chi connectivity index (χ3n) is 3.56. The zero-order valence-corrected chi connectivity index (χ0v) is 12.0. The highest BCUT2D eigenvalue weighted by molar-refractivity contribution is 5.92. The van der Waals surface area contributed by atoms with Crippen molar-refractivity contribution in [2.24, 2.45) is 5.73 Å². The second-order valence-corrected chi connectivity index (χ2v) is 5.00. The van der Waals surface area contributed by atoms with Gasteiger partial charge in [0.25, 0.3) is 0 Å². The molecule has 1 amide bonds. The molecule has 112 valence electrons. The molecule has 0 aliphatic rings. The normalized spacial score (nSPS) is 10.3. The number of aromatic nitrogens is 1. The van der Waals surface area contributed by atoms with E-state index in [2.05, 4.69) is 6.07 Å². The minimum atomic E-state index is -0.506. The maximum atomic E-state index is 14.0. The van der Waals surface area contributed by atoms with Gasteiger partial charge in [-0.05, 0) is 30.3 Å². The van der Waals surface area contributed by atoms with Crippen molar-refractivity contribution in [2.75, 3.05) is 0 Å². The standard InChI is InChI=1S/C18H12FN3O/c19-17-4-2-1-3-15(17)16-11-22(10-13(16)9-20)14-7-5-12(6-8-14)18(21)23/h1-8,10-11H,(H2,21,23). The summed E-state index contributed by atoms with van der Waals surface area (Å²) in [6, 6.07) is 15.0. The minimum absolute atomic E-state index is 0.370. The highest BCUT2D eigenvalue weighted by atomic mass is 19.1. The number of carbonyl (C=O) groups is 1. The summed E-state index contributed by atoms with van der Waals surface area (Å²) in [5, 5.41) is 9.30.